The molecule has 1 aromatic carbocycles. The van der Waals surface area contributed by atoms with Crippen LogP contribution in [0.15, 0.2) is 24.3 Å². The predicted octanol–water partition coefficient (Wildman–Crippen LogP) is 3.60. The van der Waals surface area contributed by atoms with Crippen molar-refractivity contribution >= 4 is 0 Å². The molecule has 0 aliphatic heterocycles. The minimum atomic E-state index is 0.598. The van der Waals surface area contributed by atoms with Crippen LogP contribution in [0.5, 0.6) is 0 Å². The normalized spacial score (nSPS) is 11.4. The molecular formula is C16H27NO. The first-order chi connectivity index (χ1) is 8.58. The summed E-state index contributed by atoms with van der Waals surface area (Å²) in [4.78, 5) is 0. The molecule has 1 aromatic rings. The number of hydrogen-bond donors (Lipinski definition) is 1. The molecule has 0 aliphatic carbocycles. The van der Waals surface area contributed by atoms with E-state index in [1.54, 1.807) is 0 Å². The van der Waals surface area contributed by atoms with Crippen LogP contribution >= 0.6 is 0 Å². The Kier molecular flexibility index (Phi) is 6.99. The molecule has 18 heavy (non-hydrogen) atoms. The maximum absolute atomic E-state index is 5.66. The molecular weight excluding hydrogens is 222 g/mol. The van der Waals surface area contributed by atoms with E-state index in [1.165, 1.54) is 11.1 Å². The van der Waals surface area contributed by atoms with Crippen molar-refractivity contribution in [1.29, 1.82) is 0 Å². The van der Waals surface area contributed by atoms with Gasteiger partial charge in [0.2, 0.25) is 0 Å². The van der Waals surface area contributed by atoms with Crippen LogP contribution < -0.4 is 5.32 Å². The van der Waals surface area contributed by atoms with Gasteiger partial charge in [-0.1, -0.05) is 52.0 Å². The summed E-state index contributed by atoms with van der Waals surface area (Å²) in [6.45, 7) is 12.3. The molecule has 0 saturated carbocycles. The second-order valence-corrected chi connectivity index (χ2v) is 5.75. The van der Waals surface area contributed by atoms with Crippen LogP contribution in [0.3, 0.4) is 0 Å². The highest BCUT2D eigenvalue weighted by molar-refractivity contribution is 5.22. The molecule has 0 unspecified atom stereocenters. The van der Waals surface area contributed by atoms with Crippen LogP contribution in [-0.2, 0) is 17.9 Å². The molecule has 102 valence electrons. The SMILES string of the molecule is CC(C)CNCc1cccc(COCC(C)C)c1. The third-order valence-corrected chi connectivity index (χ3v) is 2.59. The average molecular weight is 249 g/mol. The first-order valence-electron chi connectivity index (χ1n) is 6.94. The Balaban J connectivity index is 2.36. The van der Waals surface area contributed by atoms with E-state index in [1.807, 2.05) is 0 Å². The summed E-state index contributed by atoms with van der Waals surface area (Å²) in [5, 5.41) is 3.46. The highest BCUT2D eigenvalue weighted by atomic mass is 16.5. The van der Waals surface area contributed by atoms with Crippen LogP contribution in [-0.4, -0.2) is 13.2 Å². The lowest BCUT2D eigenvalue weighted by molar-refractivity contribution is 0.0970. The zero-order chi connectivity index (χ0) is 13.4. The van der Waals surface area contributed by atoms with Crippen LogP contribution in [0.4, 0.5) is 0 Å². The number of nitrogens with one attached hydrogen (secondary N) is 1. The van der Waals surface area contributed by atoms with Gasteiger partial charge in [-0.05, 0) is 29.5 Å². The summed E-state index contributed by atoms with van der Waals surface area (Å²) in [5.41, 5.74) is 2.60. The van der Waals surface area contributed by atoms with Gasteiger partial charge in [-0.15, -0.1) is 0 Å². The van der Waals surface area contributed by atoms with Crippen LogP contribution in [0.25, 0.3) is 0 Å². The van der Waals surface area contributed by atoms with Gasteiger partial charge in [0.05, 0.1) is 6.61 Å². The number of benzene rings is 1. The van der Waals surface area contributed by atoms with Gasteiger partial charge in [0.1, 0.15) is 0 Å². The average Bonchev–Trinajstić information content (AvgIpc) is 2.28. The molecule has 2 heteroatoms. The Morgan fingerprint density at radius 2 is 1.78 bits per heavy atom. The summed E-state index contributed by atoms with van der Waals surface area (Å²) < 4.78 is 5.66. The standard InChI is InChI=1S/C16H27NO/c1-13(2)9-17-10-15-6-5-7-16(8-15)12-18-11-14(3)4/h5-8,13-14,17H,9-12H2,1-4H3. The van der Waals surface area contributed by atoms with E-state index in [0.717, 1.165) is 26.3 Å². The van der Waals surface area contributed by atoms with Crippen molar-refractivity contribution in [2.75, 3.05) is 13.2 Å². The zero-order valence-corrected chi connectivity index (χ0v) is 12.2. The van der Waals surface area contributed by atoms with Gasteiger partial charge in [0, 0.05) is 13.2 Å². The lowest BCUT2D eigenvalue weighted by Gasteiger charge is -2.10. The summed E-state index contributed by atoms with van der Waals surface area (Å²) >= 11 is 0. The molecule has 1 N–H and O–H groups in total. The first-order valence-corrected chi connectivity index (χ1v) is 6.94. The molecule has 0 saturated heterocycles. The Morgan fingerprint density at radius 3 is 2.44 bits per heavy atom. The fourth-order valence-electron chi connectivity index (χ4n) is 1.75. The summed E-state index contributed by atoms with van der Waals surface area (Å²) in [5.74, 6) is 1.29. The smallest absolute Gasteiger partial charge is 0.0717 e. The molecule has 0 atom stereocenters. The van der Waals surface area contributed by atoms with Crippen molar-refractivity contribution in [2.45, 2.75) is 40.8 Å². The van der Waals surface area contributed by atoms with Gasteiger partial charge >= 0.3 is 0 Å². The van der Waals surface area contributed by atoms with E-state index in [0.29, 0.717) is 11.8 Å². The molecule has 0 fully saturated rings. The highest BCUT2D eigenvalue weighted by Gasteiger charge is 1.99. The monoisotopic (exact) mass is 249 g/mol. The highest BCUT2D eigenvalue weighted by Crippen LogP contribution is 2.07. The van der Waals surface area contributed by atoms with Crippen LogP contribution in [0.1, 0.15) is 38.8 Å². The second-order valence-electron chi connectivity index (χ2n) is 5.75. The van der Waals surface area contributed by atoms with E-state index >= 15 is 0 Å². The Morgan fingerprint density at radius 1 is 1.06 bits per heavy atom. The van der Waals surface area contributed by atoms with Gasteiger partial charge in [-0.2, -0.15) is 0 Å². The topological polar surface area (TPSA) is 21.3 Å². The van der Waals surface area contributed by atoms with E-state index in [4.69, 9.17) is 4.74 Å². The number of hydrogen-bond acceptors (Lipinski definition) is 2. The molecule has 0 amide bonds. The fraction of sp³-hybridized carbons (Fsp3) is 0.625. The lowest BCUT2D eigenvalue weighted by atomic mass is 10.1. The molecule has 1 rings (SSSR count). The predicted molar refractivity (Wildman–Crippen MR) is 77.5 cm³/mol. The van der Waals surface area contributed by atoms with Gasteiger partial charge in [-0.3, -0.25) is 0 Å². The second kappa shape index (κ2) is 8.28. The van der Waals surface area contributed by atoms with E-state index in [9.17, 15) is 0 Å². The molecule has 0 radical (unpaired) electrons. The summed E-state index contributed by atoms with van der Waals surface area (Å²) in [6, 6.07) is 8.64. The van der Waals surface area contributed by atoms with Crippen LogP contribution in [0.2, 0.25) is 0 Å². The fourth-order valence-corrected chi connectivity index (χ4v) is 1.75. The van der Waals surface area contributed by atoms with E-state index < -0.39 is 0 Å². The number of ether oxygens (including phenoxy) is 1. The summed E-state index contributed by atoms with van der Waals surface area (Å²) in [7, 11) is 0. The Hall–Kier alpha value is -0.860. The third-order valence-electron chi connectivity index (χ3n) is 2.59. The zero-order valence-electron chi connectivity index (χ0n) is 12.2. The maximum atomic E-state index is 5.66. The minimum absolute atomic E-state index is 0.598. The molecule has 0 spiro atoms. The van der Waals surface area contributed by atoms with Crippen molar-refractivity contribution in [2.24, 2.45) is 11.8 Å². The third kappa shape index (κ3) is 6.77. The minimum Gasteiger partial charge on any atom is -0.377 e. The van der Waals surface area contributed by atoms with E-state index in [2.05, 4.69) is 57.3 Å². The quantitative estimate of drug-likeness (QED) is 0.760. The molecule has 0 heterocycles. The van der Waals surface area contributed by atoms with E-state index in [-0.39, 0.29) is 0 Å². The molecule has 0 bridgehead atoms. The largest absolute Gasteiger partial charge is 0.377 e. The molecule has 2 nitrogen and oxygen atoms in total. The van der Waals surface area contributed by atoms with Crippen LogP contribution in [0, 0.1) is 11.8 Å². The Bertz CT molecular complexity index is 304. The van der Waals surface area contributed by atoms with Crippen molar-refractivity contribution < 1.29 is 4.74 Å². The van der Waals surface area contributed by atoms with Gasteiger partial charge in [0.15, 0.2) is 0 Å². The first kappa shape index (κ1) is 15.2. The van der Waals surface area contributed by atoms with Crippen molar-refractivity contribution in [3.63, 3.8) is 0 Å². The lowest BCUT2D eigenvalue weighted by Crippen LogP contribution is -2.19. The Labute approximate surface area is 112 Å². The van der Waals surface area contributed by atoms with Gasteiger partial charge in [-0.25, -0.2) is 0 Å². The molecule has 0 aromatic heterocycles. The maximum Gasteiger partial charge on any atom is 0.0717 e. The van der Waals surface area contributed by atoms with Crippen molar-refractivity contribution in [1.82, 2.24) is 5.32 Å². The van der Waals surface area contributed by atoms with Crippen molar-refractivity contribution in [3.8, 4) is 0 Å². The van der Waals surface area contributed by atoms with Crippen molar-refractivity contribution in [3.05, 3.63) is 35.4 Å². The summed E-state index contributed by atoms with van der Waals surface area (Å²) in [6.07, 6.45) is 0. The van der Waals surface area contributed by atoms with Gasteiger partial charge in [0.25, 0.3) is 0 Å². The van der Waals surface area contributed by atoms with Gasteiger partial charge < -0.3 is 10.1 Å². The number of rotatable bonds is 8. The molecule has 0 aliphatic rings.